The molecule has 1 aliphatic carbocycles. The van der Waals surface area contributed by atoms with E-state index in [1.807, 2.05) is 43.4 Å². The highest BCUT2D eigenvalue weighted by atomic mass is 127. The lowest BCUT2D eigenvalue weighted by Gasteiger charge is -2.26. The van der Waals surface area contributed by atoms with Gasteiger partial charge in [-0.2, -0.15) is 13.9 Å². The average molecular weight is 340 g/mol. The van der Waals surface area contributed by atoms with Crippen molar-refractivity contribution in [2.75, 3.05) is 0 Å². The average Bonchev–Trinajstić information content (AvgIpc) is 2.53. The SMILES string of the molecule is C[C@@H]1Cc2c(I)nn(C(C)(C)C)c2C1(F)F. The van der Waals surface area contributed by atoms with E-state index in [4.69, 9.17) is 0 Å². The van der Waals surface area contributed by atoms with Gasteiger partial charge in [-0.3, -0.25) is 4.68 Å². The highest BCUT2D eigenvalue weighted by molar-refractivity contribution is 14.1. The van der Waals surface area contributed by atoms with Crippen LogP contribution in [0.5, 0.6) is 0 Å². The summed E-state index contributed by atoms with van der Waals surface area (Å²) in [5.41, 5.74) is 0.450. The van der Waals surface area contributed by atoms with Crippen LogP contribution in [-0.2, 0) is 17.9 Å². The van der Waals surface area contributed by atoms with Gasteiger partial charge in [-0.15, -0.1) is 0 Å². The molecule has 0 saturated carbocycles. The van der Waals surface area contributed by atoms with Crippen molar-refractivity contribution in [1.82, 2.24) is 9.78 Å². The molecule has 0 fully saturated rings. The number of fused-ring (bicyclic) bond motifs is 1. The molecule has 0 saturated heterocycles. The normalized spacial score (nSPS) is 23.6. The highest BCUT2D eigenvalue weighted by Crippen LogP contribution is 2.48. The van der Waals surface area contributed by atoms with Crippen molar-refractivity contribution in [2.45, 2.75) is 45.6 Å². The number of hydrogen-bond donors (Lipinski definition) is 0. The van der Waals surface area contributed by atoms with Gasteiger partial charge < -0.3 is 0 Å². The molecule has 0 amide bonds. The minimum absolute atomic E-state index is 0.122. The Bertz CT molecular complexity index is 432. The fourth-order valence-electron chi connectivity index (χ4n) is 2.10. The second-order valence-corrected chi connectivity index (χ2v) is 6.45. The van der Waals surface area contributed by atoms with Gasteiger partial charge >= 0.3 is 0 Å². The summed E-state index contributed by atoms with van der Waals surface area (Å²) in [6.45, 7) is 7.30. The zero-order chi connectivity index (χ0) is 12.3. The lowest BCUT2D eigenvalue weighted by Crippen LogP contribution is -2.31. The van der Waals surface area contributed by atoms with E-state index in [1.165, 1.54) is 4.68 Å². The van der Waals surface area contributed by atoms with Gasteiger partial charge in [0.15, 0.2) is 0 Å². The molecule has 16 heavy (non-hydrogen) atoms. The standard InChI is InChI=1S/C11H15F2IN2/c1-6-5-7-8(11(6,12)13)16(10(2,3)4)15-9(7)14/h6H,5H2,1-4H3/t6-/m1/s1. The van der Waals surface area contributed by atoms with Gasteiger partial charge in [0.05, 0.1) is 5.54 Å². The second kappa shape index (κ2) is 3.40. The van der Waals surface area contributed by atoms with Gasteiger partial charge in [0.2, 0.25) is 0 Å². The van der Waals surface area contributed by atoms with E-state index in [0.717, 1.165) is 5.56 Å². The maximum atomic E-state index is 14.1. The molecule has 0 aliphatic heterocycles. The van der Waals surface area contributed by atoms with Crippen molar-refractivity contribution < 1.29 is 8.78 Å². The van der Waals surface area contributed by atoms with Gasteiger partial charge in [-0.25, -0.2) is 0 Å². The topological polar surface area (TPSA) is 17.8 Å². The number of alkyl halides is 2. The van der Waals surface area contributed by atoms with Crippen LogP contribution >= 0.6 is 22.6 Å². The van der Waals surface area contributed by atoms with E-state index in [-0.39, 0.29) is 5.69 Å². The van der Waals surface area contributed by atoms with E-state index < -0.39 is 17.4 Å². The Morgan fingerprint density at radius 2 is 2.00 bits per heavy atom. The molecule has 0 N–H and O–H groups in total. The Hall–Kier alpha value is -0.200. The number of hydrogen-bond acceptors (Lipinski definition) is 1. The van der Waals surface area contributed by atoms with Gasteiger partial charge in [-0.05, 0) is 49.8 Å². The van der Waals surface area contributed by atoms with Gasteiger partial charge in [-0.1, -0.05) is 6.92 Å². The Kier molecular flexibility index (Phi) is 2.60. The summed E-state index contributed by atoms with van der Waals surface area (Å²) in [7, 11) is 0. The summed E-state index contributed by atoms with van der Waals surface area (Å²) in [6, 6.07) is 0. The molecule has 1 atom stereocenters. The summed E-state index contributed by atoms with van der Waals surface area (Å²) in [4.78, 5) is 0. The van der Waals surface area contributed by atoms with Crippen LogP contribution < -0.4 is 0 Å². The van der Waals surface area contributed by atoms with Gasteiger partial charge in [0.25, 0.3) is 5.92 Å². The molecule has 1 aromatic heterocycles. The molecule has 0 aromatic carbocycles. The molecule has 0 radical (unpaired) electrons. The van der Waals surface area contributed by atoms with E-state index in [2.05, 4.69) is 5.10 Å². The fraction of sp³-hybridized carbons (Fsp3) is 0.727. The van der Waals surface area contributed by atoms with E-state index in [9.17, 15) is 8.78 Å². The number of aromatic nitrogens is 2. The van der Waals surface area contributed by atoms with Crippen molar-refractivity contribution in [1.29, 1.82) is 0 Å². The van der Waals surface area contributed by atoms with Crippen LogP contribution in [-0.4, -0.2) is 9.78 Å². The van der Waals surface area contributed by atoms with Crippen molar-refractivity contribution in [2.24, 2.45) is 5.92 Å². The van der Waals surface area contributed by atoms with Crippen molar-refractivity contribution in [3.8, 4) is 0 Å². The molecule has 1 aromatic rings. The van der Waals surface area contributed by atoms with Crippen LogP contribution in [0.4, 0.5) is 8.78 Å². The van der Waals surface area contributed by atoms with Gasteiger partial charge in [0, 0.05) is 11.5 Å². The van der Waals surface area contributed by atoms with E-state index >= 15 is 0 Å². The predicted octanol–water partition coefficient (Wildman–Crippen LogP) is 3.53. The molecule has 1 aliphatic rings. The highest BCUT2D eigenvalue weighted by Gasteiger charge is 2.51. The third-order valence-corrected chi connectivity index (χ3v) is 3.88. The number of nitrogens with zero attached hydrogens (tertiary/aromatic N) is 2. The van der Waals surface area contributed by atoms with Crippen molar-refractivity contribution in [3.05, 3.63) is 15.0 Å². The maximum Gasteiger partial charge on any atom is 0.292 e. The Labute approximate surface area is 108 Å². The first-order chi connectivity index (χ1) is 7.15. The molecule has 0 spiro atoms. The molecule has 2 nitrogen and oxygen atoms in total. The zero-order valence-electron chi connectivity index (χ0n) is 9.81. The van der Waals surface area contributed by atoms with Crippen LogP contribution in [0.3, 0.4) is 0 Å². The van der Waals surface area contributed by atoms with E-state index in [0.29, 0.717) is 10.1 Å². The minimum Gasteiger partial charge on any atom is -0.257 e. The summed E-state index contributed by atoms with van der Waals surface area (Å²) in [5, 5.41) is 4.26. The number of rotatable bonds is 0. The second-order valence-electron chi connectivity index (χ2n) is 5.43. The first-order valence-corrected chi connectivity index (χ1v) is 6.39. The predicted molar refractivity (Wildman–Crippen MR) is 66.7 cm³/mol. The molecule has 5 heteroatoms. The molecular formula is C11H15F2IN2. The Morgan fingerprint density at radius 1 is 1.44 bits per heavy atom. The van der Waals surface area contributed by atoms with Crippen LogP contribution in [0.15, 0.2) is 0 Å². The van der Waals surface area contributed by atoms with Crippen LogP contribution in [0.25, 0.3) is 0 Å². The molecule has 90 valence electrons. The summed E-state index contributed by atoms with van der Waals surface area (Å²) in [5.74, 6) is -3.37. The van der Waals surface area contributed by atoms with Crippen LogP contribution in [0.1, 0.15) is 39.0 Å². The molecule has 1 heterocycles. The van der Waals surface area contributed by atoms with Crippen molar-refractivity contribution >= 4 is 22.6 Å². The minimum atomic E-state index is -2.75. The Balaban J connectivity index is 2.67. The quantitative estimate of drug-likeness (QED) is 0.661. The third-order valence-electron chi connectivity index (χ3n) is 3.01. The van der Waals surface area contributed by atoms with Crippen molar-refractivity contribution in [3.63, 3.8) is 0 Å². The monoisotopic (exact) mass is 340 g/mol. The Morgan fingerprint density at radius 3 is 2.50 bits per heavy atom. The lowest BCUT2D eigenvalue weighted by molar-refractivity contribution is -0.0556. The van der Waals surface area contributed by atoms with Gasteiger partial charge in [0.1, 0.15) is 9.39 Å². The first kappa shape index (κ1) is 12.3. The summed E-state index contributed by atoms with van der Waals surface area (Å²) >= 11 is 2.05. The molecule has 0 unspecified atom stereocenters. The van der Waals surface area contributed by atoms with E-state index in [1.54, 1.807) is 6.92 Å². The zero-order valence-corrected chi connectivity index (χ0v) is 12.0. The molecule has 2 rings (SSSR count). The molecular weight excluding hydrogens is 325 g/mol. The summed E-state index contributed by atoms with van der Waals surface area (Å²) < 4.78 is 30.3. The smallest absolute Gasteiger partial charge is 0.257 e. The third kappa shape index (κ3) is 1.58. The lowest BCUT2D eigenvalue weighted by atomic mass is 10.1. The maximum absolute atomic E-state index is 14.1. The fourth-order valence-corrected chi connectivity index (χ4v) is 2.79. The van der Waals surface area contributed by atoms with Crippen LogP contribution in [0, 0.1) is 9.62 Å². The first-order valence-electron chi connectivity index (χ1n) is 5.32. The number of halogens is 3. The van der Waals surface area contributed by atoms with Crippen LogP contribution in [0.2, 0.25) is 0 Å². The summed E-state index contributed by atoms with van der Waals surface area (Å²) in [6.07, 6.45) is 0.427. The molecule has 0 bridgehead atoms. The largest absolute Gasteiger partial charge is 0.292 e.